The summed E-state index contributed by atoms with van der Waals surface area (Å²) in [6.07, 6.45) is 1.49. The molecule has 1 aromatic carbocycles. The van der Waals surface area contributed by atoms with E-state index in [0.29, 0.717) is 12.0 Å². The van der Waals surface area contributed by atoms with E-state index in [1.807, 2.05) is 12.1 Å². The Morgan fingerprint density at radius 2 is 2.08 bits per heavy atom. The standard InChI is InChI=1S/C11H13FO/c1-8(6-11-7-13-11)9-2-4-10(12)5-3-9/h2-5,8,11H,6-7H2,1H3. The van der Waals surface area contributed by atoms with Crippen LogP contribution in [0.15, 0.2) is 24.3 Å². The van der Waals surface area contributed by atoms with Gasteiger partial charge in [0.05, 0.1) is 12.7 Å². The molecule has 1 aliphatic heterocycles. The van der Waals surface area contributed by atoms with Gasteiger partial charge in [0.25, 0.3) is 0 Å². The molecule has 0 spiro atoms. The maximum Gasteiger partial charge on any atom is 0.123 e. The van der Waals surface area contributed by atoms with Crippen LogP contribution in [0.25, 0.3) is 0 Å². The Morgan fingerprint density at radius 3 is 2.62 bits per heavy atom. The molecule has 1 saturated heterocycles. The zero-order chi connectivity index (χ0) is 9.26. The zero-order valence-corrected chi connectivity index (χ0v) is 7.66. The molecule has 1 nitrogen and oxygen atoms in total. The van der Waals surface area contributed by atoms with Crippen molar-refractivity contribution < 1.29 is 9.13 Å². The molecule has 2 atom stereocenters. The minimum absolute atomic E-state index is 0.168. The topological polar surface area (TPSA) is 12.5 Å². The van der Waals surface area contributed by atoms with Gasteiger partial charge in [0.1, 0.15) is 5.82 Å². The Balaban J connectivity index is 2.01. The number of benzene rings is 1. The molecule has 0 N–H and O–H groups in total. The second-order valence-corrected chi connectivity index (χ2v) is 3.64. The van der Waals surface area contributed by atoms with Gasteiger partial charge in [0.15, 0.2) is 0 Å². The summed E-state index contributed by atoms with van der Waals surface area (Å²) in [6, 6.07) is 6.73. The molecular weight excluding hydrogens is 167 g/mol. The Labute approximate surface area is 77.5 Å². The molecule has 0 aliphatic carbocycles. The molecule has 2 heteroatoms. The van der Waals surface area contributed by atoms with Crippen LogP contribution in [0.4, 0.5) is 4.39 Å². The SMILES string of the molecule is CC(CC1CO1)c1ccc(F)cc1. The van der Waals surface area contributed by atoms with Crippen LogP contribution >= 0.6 is 0 Å². The Hall–Kier alpha value is -0.890. The van der Waals surface area contributed by atoms with Gasteiger partial charge < -0.3 is 4.74 Å². The maximum atomic E-state index is 12.6. The van der Waals surface area contributed by atoms with Crippen LogP contribution in [0.1, 0.15) is 24.8 Å². The third kappa shape index (κ3) is 2.28. The van der Waals surface area contributed by atoms with Crippen molar-refractivity contribution in [2.45, 2.75) is 25.4 Å². The first kappa shape index (κ1) is 8.70. The number of epoxide rings is 1. The molecule has 0 aromatic heterocycles. The third-order valence-corrected chi connectivity index (χ3v) is 2.46. The van der Waals surface area contributed by atoms with Crippen LogP contribution in [0.5, 0.6) is 0 Å². The van der Waals surface area contributed by atoms with Gasteiger partial charge in [-0.2, -0.15) is 0 Å². The van der Waals surface area contributed by atoms with E-state index < -0.39 is 0 Å². The van der Waals surface area contributed by atoms with Crippen molar-refractivity contribution in [1.29, 1.82) is 0 Å². The van der Waals surface area contributed by atoms with E-state index in [2.05, 4.69) is 6.92 Å². The third-order valence-electron chi connectivity index (χ3n) is 2.46. The smallest absolute Gasteiger partial charge is 0.123 e. The summed E-state index contributed by atoms with van der Waals surface area (Å²) in [5.74, 6) is 0.298. The largest absolute Gasteiger partial charge is 0.373 e. The van der Waals surface area contributed by atoms with Crippen LogP contribution in [0, 0.1) is 5.82 Å². The molecule has 0 saturated carbocycles. The van der Waals surface area contributed by atoms with Crippen molar-refractivity contribution in [2.24, 2.45) is 0 Å². The first-order valence-electron chi connectivity index (χ1n) is 4.63. The lowest BCUT2D eigenvalue weighted by atomic mass is 9.96. The minimum atomic E-state index is -0.168. The molecule has 0 radical (unpaired) electrons. The molecule has 2 rings (SSSR count). The predicted octanol–water partition coefficient (Wildman–Crippen LogP) is 2.72. The van der Waals surface area contributed by atoms with Crippen LogP contribution in [0.2, 0.25) is 0 Å². The fraction of sp³-hybridized carbons (Fsp3) is 0.455. The van der Waals surface area contributed by atoms with Gasteiger partial charge >= 0.3 is 0 Å². The Morgan fingerprint density at radius 1 is 1.46 bits per heavy atom. The summed E-state index contributed by atoms with van der Waals surface area (Å²) in [4.78, 5) is 0. The highest BCUT2D eigenvalue weighted by Gasteiger charge is 2.25. The highest BCUT2D eigenvalue weighted by Crippen LogP contribution is 2.26. The van der Waals surface area contributed by atoms with E-state index >= 15 is 0 Å². The minimum Gasteiger partial charge on any atom is -0.373 e. The highest BCUT2D eigenvalue weighted by molar-refractivity contribution is 5.20. The summed E-state index contributed by atoms with van der Waals surface area (Å²) >= 11 is 0. The van der Waals surface area contributed by atoms with Crippen molar-refractivity contribution in [2.75, 3.05) is 6.61 Å². The molecule has 2 unspecified atom stereocenters. The summed E-state index contributed by atoms with van der Waals surface area (Å²) in [5.41, 5.74) is 1.19. The highest BCUT2D eigenvalue weighted by atomic mass is 19.1. The fourth-order valence-electron chi connectivity index (χ4n) is 1.53. The van der Waals surface area contributed by atoms with Crippen molar-refractivity contribution in [1.82, 2.24) is 0 Å². The average molecular weight is 180 g/mol. The van der Waals surface area contributed by atoms with E-state index in [9.17, 15) is 4.39 Å². The average Bonchev–Trinajstić information content (AvgIpc) is 2.89. The molecule has 1 fully saturated rings. The van der Waals surface area contributed by atoms with E-state index in [0.717, 1.165) is 13.0 Å². The summed E-state index contributed by atoms with van der Waals surface area (Å²) in [5, 5.41) is 0. The van der Waals surface area contributed by atoms with Gasteiger partial charge in [0, 0.05) is 0 Å². The molecule has 0 amide bonds. The van der Waals surface area contributed by atoms with E-state index in [4.69, 9.17) is 4.74 Å². The van der Waals surface area contributed by atoms with Crippen LogP contribution in [-0.2, 0) is 4.74 Å². The molecule has 13 heavy (non-hydrogen) atoms. The zero-order valence-electron chi connectivity index (χ0n) is 7.66. The van der Waals surface area contributed by atoms with Crippen molar-refractivity contribution in [3.8, 4) is 0 Å². The fourth-order valence-corrected chi connectivity index (χ4v) is 1.53. The maximum absolute atomic E-state index is 12.6. The van der Waals surface area contributed by atoms with Crippen LogP contribution in [-0.4, -0.2) is 12.7 Å². The lowest BCUT2D eigenvalue weighted by Crippen LogP contribution is -1.98. The Kier molecular flexibility index (Phi) is 2.32. The second-order valence-electron chi connectivity index (χ2n) is 3.64. The number of hydrogen-bond donors (Lipinski definition) is 0. The van der Waals surface area contributed by atoms with Gasteiger partial charge in [-0.1, -0.05) is 19.1 Å². The molecule has 70 valence electrons. The summed E-state index contributed by atoms with van der Waals surface area (Å²) in [6.45, 7) is 3.04. The second kappa shape index (κ2) is 3.46. The van der Waals surface area contributed by atoms with Crippen molar-refractivity contribution in [3.05, 3.63) is 35.6 Å². The van der Waals surface area contributed by atoms with Crippen LogP contribution in [0.3, 0.4) is 0 Å². The number of ether oxygens (including phenoxy) is 1. The molecule has 1 aromatic rings. The normalized spacial score (nSPS) is 22.8. The van der Waals surface area contributed by atoms with E-state index in [-0.39, 0.29) is 5.82 Å². The van der Waals surface area contributed by atoms with Crippen molar-refractivity contribution in [3.63, 3.8) is 0 Å². The lowest BCUT2D eigenvalue weighted by Gasteiger charge is -2.09. The summed E-state index contributed by atoms with van der Waals surface area (Å²) in [7, 11) is 0. The van der Waals surface area contributed by atoms with Gasteiger partial charge in [-0.25, -0.2) is 4.39 Å². The predicted molar refractivity (Wildman–Crippen MR) is 49.2 cm³/mol. The Bertz CT molecular complexity index is 277. The van der Waals surface area contributed by atoms with Gasteiger partial charge in [-0.15, -0.1) is 0 Å². The van der Waals surface area contributed by atoms with Gasteiger partial charge in [-0.05, 0) is 30.0 Å². The lowest BCUT2D eigenvalue weighted by molar-refractivity contribution is 0.384. The summed E-state index contributed by atoms with van der Waals surface area (Å²) < 4.78 is 17.8. The number of rotatable bonds is 3. The monoisotopic (exact) mass is 180 g/mol. The quantitative estimate of drug-likeness (QED) is 0.651. The number of halogens is 1. The number of hydrogen-bond acceptors (Lipinski definition) is 1. The first-order valence-corrected chi connectivity index (χ1v) is 4.63. The first-order chi connectivity index (χ1) is 6.25. The van der Waals surface area contributed by atoms with Gasteiger partial charge in [0.2, 0.25) is 0 Å². The van der Waals surface area contributed by atoms with E-state index in [1.165, 1.54) is 17.7 Å². The van der Waals surface area contributed by atoms with Gasteiger partial charge in [-0.3, -0.25) is 0 Å². The molecule has 1 heterocycles. The van der Waals surface area contributed by atoms with E-state index in [1.54, 1.807) is 0 Å². The molecule has 0 bridgehead atoms. The molecular formula is C11H13FO. The van der Waals surface area contributed by atoms with Crippen molar-refractivity contribution >= 4 is 0 Å². The molecule has 1 aliphatic rings. The van der Waals surface area contributed by atoms with Crippen LogP contribution < -0.4 is 0 Å².